The molecule has 118 valence electrons. The van der Waals surface area contributed by atoms with E-state index in [1.165, 1.54) is 12.0 Å². The minimum Gasteiger partial charge on any atom is -0.480 e. The quantitative estimate of drug-likeness (QED) is 0.571. The summed E-state index contributed by atoms with van der Waals surface area (Å²) in [5.74, 6) is -1.03. The van der Waals surface area contributed by atoms with Crippen molar-refractivity contribution in [2.24, 2.45) is 0 Å². The highest BCUT2D eigenvalue weighted by Gasteiger charge is 2.15. The van der Waals surface area contributed by atoms with Crippen molar-refractivity contribution in [1.29, 1.82) is 0 Å². The normalized spacial score (nSPS) is 10.9. The van der Waals surface area contributed by atoms with Crippen LogP contribution >= 0.6 is 0 Å². The van der Waals surface area contributed by atoms with Crippen LogP contribution in [0.1, 0.15) is 20.3 Å². The summed E-state index contributed by atoms with van der Waals surface area (Å²) in [5, 5.41) is 11.5. The van der Waals surface area contributed by atoms with Crippen LogP contribution in [0, 0.1) is 0 Å². The molecule has 0 saturated carbocycles. The smallest absolute Gasteiger partial charge is 0.323 e. The molecule has 7 heteroatoms. The average Bonchev–Trinajstić information content (AvgIpc) is 2.38. The number of methoxy groups -OCH3 is 1. The van der Waals surface area contributed by atoms with Crippen LogP contribution in [0.25, 0.3) is 0 Å². The monoisotopic (exact) mass is 289 g/mol. The Morgan fingerprint density at radius 1 is 1.30 bits per heavy atom. The average molecular weight is 289 g/mol. The minimum absolute atomic E-state index is 0.264. The molecule has 0 atom stereocenters. The molecule has 0 aliphatic rings. The first-order valence-electron chi connectivity index (χ1n) is 6.82. The van der Waals surface area contributed by atoms with Gasteiger partial charge in [-0.05, 0) is 33.9 Å². The van der Waals surface area contributed by atoms with Gasteiger partial charge in [0.15, 0.2) is 0 Å². The van der Waals surface area contributed by atoms with Crippen molar-refractivity contribution in [1.82, 2.24) is 15.1 Å². The highest BCUT2D eigenvalue weighted by Crippen LogP contribution is 1.95. The summed E-state index contributed by atoms with van der Waals surface area (Å²) in [6.45, 7) is 5.89. The summed E-state index contributed by atoms with van der Waals surface area (Å²) < 4.78 is 4.87. The number of amides is 2. The van der Waals surface area contributed by atoms with E-state index >= 15 is 0 Å². The third kappa shape index (κ3) is 8.71. The van der Waals surface area contributed by atoms with Crippen LogP contribution in [-0.2, 0) is 9.53 Å². The van der Waals surface area contributed by atoms with Crippen LogP contribution in [-0.4, -0.2) is 79.9 Å². The Labute approximate surface area is 120 Å². The molecule has 0 aliphatic carbocycles. The number of carbonyl (C=O) groups excluding carboxylic acids is 1. The van der Waals surface area contributed by atoms with Gasteiger partial charge in [-0.15, -0.1) is 0 Å². The topological polar surface area (TPSA) is 82.1 Å². The largest absolute Gasteiger partial charge is 0.480 e. The van der Waals surface area contributed by atoms with E-state index in [1.54, 1.807) is 0 Å². The molecule has 0 unspecified atom stereocenters. The predicted octanol–water partition coefficient (Wildman–Crippen LogP) is 0.459. The van der Waals surface area contributed by atoms with E-state index < -0.39 is 5.97 Å². The lowest BCUT2D eigenvalue weighted by Gasteiger charge is -2.23. The number of carbonyl (C=O) groups is 2. The van der Waals surface area contributed by atoms with Crippen LogP contribution in [0.2, 0.25) is 0 Å². The zero-order chi connectivity index (χ0) is 15.5. The first-order chi connectivity index (χ1) is 9.38. The van der Waals surface area contributed by atoms with Crippen LogP contribution in [0.3, 0.4) is 0 Å². The second-order valence-corrected chi connectivity index (χ2v) is 4.97. The number of hydrogen-bond donors (Lipinski definition) is 2. The van der Waals surface area contributed by atoms with Crippen LogP contribution in [0.5, 0.6) is 0 Å². The lowest BCUT2D eigenvalue weighted by molar-refractivity contribution is -0.137. The molecule has 0 aromatic carbocycles. The van der Waals surface area contributed by atoms with Crippen molar-refractivity contribution in [3.8, 4) is 0 Å². The number of rotatable bonds is 10. The molecule has 0 rings (SSSR count). The Morgan fingerprint density at radius 2 is 1.95 bits per heavy atom. The Hall–Kier alpha value is -1.34. The summed E-state index contributed by atoms with van der Waals surface area (Å²) in [6, 6.07) is 0.104. The number of carboxylic acid groups (broad SMARTS) is 1. The number of aliphatic carboxylic acids is 1. The van der Waals surface area contributed by atoms with Gasteiger partial charge in [0, 0.05) is 26.2 Å². The minimum atomic E-state index is -1.03. The third-order valence-electron chi connectivity index (χ3n) is 3.02. The Balaban J connectivity index is 4.02. The zero-order valence-electron chi connectivity index (χ0n) is 12.9. The van der Waals surface area contributed by atoms with E-state index in [1.807, 2.05) is 7.05 Å². The van der Waals surface area contributed by atoms with Crippen molar-refractivity contribution in [2.45, 2.75) is 26.3 Å². The number of nitrogens with zero attached hydrogens (tertiary/aromatic N) is 2. The molecule has 0 aliphatic heterocycles. The number of nitrogens with one attached hydrogen (secondary N) is 1. The summed E-state index contributed by atoms with van der Waals surface area (Å²) >= 11 is 0. The SMILES string of the molecule is COCCN(CC(=O)O)C(=O)NCCCN(C)C(C)C. The van der Waals surface area contributed by atoms with Gasteiger partial charge in [-0.25, -0.2) is 4.79 Å². The third-order valence-corrected chi connectivity index (χ3v) is 3.02. The van der Waals surface area contributed by atoms with E-state index in [-0.39, 0.29) is 19.1 Å². The van der Waals surface area contributed by atoms with Gasteiger partial charge in [-0.2, -0.15) is 0 Å². The Morgan fingerprint density at radius 3 is 2.45 bits per heavy atom. The van der Waals surface area contributed by atoms with Crippen LogP contribution in [0.15, 0.2) is 0 Å². The molecule has 0 fully saturated rings. The van der Waals surface area contributed by atoms with Crippen LogP contribution < -0.4 is 5.32 Å². The lowest BCUT2D eigenvalue weighted by Crippen LogP contribution is -2.45. The Bertz CT molecular complexity index is 297. The van der Waals surface area contributed by atoms with E-state index in [0.29, 0.717) is 19.2 Å². The first-order valence-corrected chi connectivity index (χ1v) is 6.82. The fraction of sp³-hybridized carbons (Fsp3) is 0.846. The molecule has 0 aromatic rings. The molecule has 20 heavy (non-hydrogen) atoms. The van der Waals surface area contributed by atoms with E-state index in [0.717, 1.165) is 13.0 Å². The molecule has 7 nitrogen and oxygen atoms in total. The number of carboxylic acids is 1. The fourth-order valence-corrected chi connectivity index (χ4v) is 1.51. The molecule has 2 amide bonds. The van der Waals surface area contributed by atoms with E-state index in [2.05, 4.69) is 24.1 Å². The molecular formula is C13H27N3O4. The highest BCUT2D eigenvalue weighted by atomic mass is 16.5. The van der Waals surface area contributed by atoms with Gasteiger partial charge in [0.25, 0.3) is 0 Å². The summed E-state index contributed by atoms with van der Waals surface area (Å²) in [5.41, 5.74) is 0. The molecule has 0 bridgehead atoms. The standard InChI is InChI=1S/C13H27N3O4/c1-11(2)15(3)7-5-6-14-13(19)16(8-9-20-4)10-12(17)18/h11H,5-10H2,1-4H3,(H,14,19)(H,17,18). The number of hydrogen-bond acceptors (Lipinski definition) is 4. The van der Waals surface area contributed by atoms with Gasteiger partial charge in [-0.1, -0.05) is 0 Å². The molecular weight excluding hydrogens is 262 g/mol. The Kier molecular flexibility index (Phi) is 9.75. The van der Waals surface area contributed by atoms with Gasteiger partial charge in [-0.3, -0.25) is 4.79 Å². The molecule has 2 N–H and O–H groups in total. The van der Waals surface area contributed by atoms with Gasteiger partial charge in [0.05, 0.1) is 6.61 Å². The molecule has 0 saturated heterocycles. The van der Waals surface area contributed by atoms with Crippen molar-refractivity contribution >= 4 is 12.0 Å². The molecule has 0 heterocycles. The first kappa shape index (κ1) is 18.7. The zero-order valence-corrected chi connectivity index (χ0v) is 12.9. The highest BCUT2D eigenvalue weighted by molar-refractivity contribution is 5.80. The van der Waals surface area contributed by atoms with Crippen LogP contribution in [0.4, 0.5) is 4.79 Å². The van der Waals surface area contributed by atoms with Crippen molar-refractivity contribution in [3.05, 3.63) is 0 Å². The number of ether oxygens (including phenoxy) is 1. The number of urea groups is 1. The molecule has 0 radical (unpaired) electrons. The summed E-state index contributed by atoms with van der Waals surface area (Å²) in [7, 11) is 3.54. The van der Waals surface area contributed by atoms with Gasteiger partial charge >= 0.3 is 12.0 Å². The lowest BCUT2D eigenvalue weighted by atomic mass is 10.3. The van der Waals surface area contributed by atoms with Gasteiger partial charge in [0.1, 0.15) is 6.54 Å². The van der Waals surface area contributed by atoms with E-state index in [4.69, 9.17) is 9.84 Å². The maximum atomic E-state index is 11.8. The van der Waals surface area contributed by atoms with Gasteiger partial charge < -0.3 is 25.0 Å². The fourth-order valence-electron chi connectivity index (χ4n) is 1.51. The summed E-state index contributed by atoms with van der Waals surface area (Å²) in [6.07, 6.45) is 0.825. The second kappa shape index (κ2) is 10.4. The van der Waals surface area contributed by atoms with Crippen molar-refractivity contribution < 1.29 is 19.4 Å². The molecule has 0 spiro atoms. The van der Waals surface area contributed by atoms with E-state index in [9.17, 15) is 9.59 Å². The maximum Gasteiger partial charge on any atom is 0.323 e. The predicted molar refractivity (Wildman–Crippen MR) is 76.9 cm³/mol. The van der Waals surface area contributed by atoms with Crippen molar-refractivity contribution in [2.75, 3.05) is 46.9 Å². The van der Waals surface area contributed by atoms with Crippen molar-refractivity contribution in [3.63, 3.8) is 0 Å². The maximum absolute atomic E-state index is 11.8. The summed E-state index contributed by atoms with van der Waals surface area (Å²) in [4.78, 5) is 26.0. The van der Waals surface area contributed by atoms with Gasteiger partial charge in [0.2, 0.25) is 0 Å². The second-order valence-electron chi connectivity index (χ2n) is 4.97. The molecule has 0 aromatic heterocycles.